The van der Waals surface area contributed by atoms with Gasteiger partial charge in [0.1, 0.15) is 5.75 Å². The highest BCUT2D eigenvalue weighted by Gasteiger charge is 2.15. The zero-order valence-corrected chi connectivity index (χ0v) is 13.3. The van der Waals surface area contributed by atoms with Gasteiger partial charge in [-0.05, 0) is 37.8 Å². The number of hydrogen-bond donors (Lipinski definition) is 1. The van der Waals surface area contributed by atoms with Crippen LogP contribution in [0.25, 0.3) is 6.08 Å². The van der Waals surface area contributed by atoms with E-state index < -0.39 is 0 Å². The van der Waals surface area contributed by atoms with Crippen molar-refractivity contribution < 1.29 is 9.53 Å². The van der Waals surface area contributed by atoms with Crippen LogP contribution in [0.3, 0.4) is 0 Å². The summed E-state index contributed by atoms with van der Waals surface area (Å²) >= 11 is 1.59. The van der Waals surface area contributed by atoms with Crippen LogP contribution in [0.1, 0.15) is 29.0 Å². The molecule has 1 aromatic carbocycles. The first-order valence-electron chi connectivity index (χ1n) is 7.37. The lowest BCUT2D eigenvalue weighted by molar-refractivity contribution is -0.111. The number of anilines is 1. The van der Waals surface area contributed by atoms with E-state index in [1.54, 1.807) is 24.5 Å². The van der Waals surface area contributed by atoms with E-state index in [0.29, 0.717) is 5.13 Å². The van der Waals surface area contributed by atoms with Crippen LogP contribution < -0.4 is 10.1 Å². The number of carbonyl (C=O) groups is 1. The van der Waals surface area contributed by atoms with Gasteiger partial charge in [0.05, 0.1) is 12.8 Å². The molecule has 1 heterocycles. The van der Waals surface area contributed by atoms with Crippen molar-refractivity contribution in [2.24, 2.45) is 0 Å². The molecule has 22 heavy (non-hydrogen) atoms. The smallest absolute Gasteiger partial charge is 0.250 e. The molecule has 1 aromatic heterocycles. The molecule has 1 aliphatic rings. The van der Waals surface area contributed by atoms with Crippen molar-refractivity contribution in [2.75, 3.05) is 12.4 Å². The van der Waals surface area contributed by atoms with Crippen molar-refractivity contribution in [1.29, 1.82) is 0 Å². The molecule has 0 fully saturated rings. The van der Waals surface area contributed by atoms with E-state index in [1.165, 1.54) is 23.8 Å². The quantitative estimate of drug-likeness (QED) is 0.876. The second-order valence-electron chi connectivity index (χ2n) is 5.16. The maximum absolute atomic E-state index is 12.0. The van der Waals surface area contributed by atoms with Crippen LogP contribution in [0, 0.1) is 0 Å². The highest BCUT2D eigenvalue weighted by Crippen LogP contribution is 2.29. The molecule has 0 saturated heterocycles. The van der Waals surface area contributed by atoms with Gasteiger partial charge in [0.15, 0.2) is 5.13 Å². The van der Waals surface area contributed by atoms with Gasteiger partial charge in [0.25, 0.3) is 0 Å². The summed E-state index contributed by atoms with van der Waals surface area (Å²) < 4.78 is 5.26. The Labute approximate surface area is 133 Å². The molecule has 2 aromatic rings. The Morgan fingerprint density at radius 1 is 1.32 bits per heavy atom. The Morgan fingerprint density at radius 2 is 2.14 bits per heavy atom. The number of fused-ring (bicyclic) bond motifs is 1. The predicted octanol–water partition coefficient (Wildman–Crippen LogP) is 3.68. The van der Waals surface area contributed by atoms with Crippen molar-refractivity contribution in [2.45, 2.75) is 25.7 Å². The lowest BCUT2D eigenvalue weighted by Gasteiger charge is -2.06. The Morgan fingerprint density at radius 3 is 2.95 bits per heavy atom. The Hall–Kier alpha value is -2.14. The van der Waals surface area contributed by atoms with Gasteiger partial charge in [0, 0.05) is 16.5 Å². The molecule has 0 bridgehead atoms. The topological polar surface area (TPSA) is 51.2 Å². The summed E-state index contributed by atoms with van der Waals surface area (Å²) in [6, 6.07) is 7.59. The lowest BCUT2D eigenvalue weighted by Crippen LogP contribution is -2.07. The third-order valence-electron chi connectivity index (χ3n) is 3.63. The number of thiazole rings is 1. The van der Waals surface area contributed by atoms with E-state index in [1.807, 2.05) is 24.3 Å². The van der Waals surface area contributed by atoms with E-state index >= 15 is 0 Å². The number of benzene rings is 1. The van der Waals surface area contributed by atoms with Crippen LogP contribution >= 0.6 is 11.3 Å². The summed E-state index contributed by atoms with van der Waals surface area (Å²) in [5.74, 6) is 0.577. The molecular formula is C17H18N2O2S. The minimum Gasteiger partial charge on any atom is -0.496 e. The van der Waals surface area contributed by atoms with Crippen molar-refractivity contribution in [3.63, 3.8) is 0 Å². The molecule has 114 valence electrons. The Kier molecular flexibility index (Phi) is 4.53. The van der Waals surface area contributed by atoms with Gasteiger partial charge in [-0.25, -0.2) is 4.98 Å². The van der Waals surface area contributed by atoms with E-state index in [9.17, 15) is 4.79 Å². The molecule has 0 saturated carbocycles. The van der Waals surface area contributed by atoms with Crippen molar-refractivity contribution in [1.82, 2.24) is 4.98 Å². The van der Waals surface area contributed by atoms with Crippen LogP contribution in [-0.4, -0.2) is 18.0 Å². The van der Waals surface area contributed by atoms with E-state index in [-0.39, 0.29) is 5.91 Å². The number of carbonyl (C=O) groups excluding carboxylic acids is 1. The molecule has 0 aliphatic heterocycles. The first-order valence-corrected chi connectivity index (χ1v) is 8.18. The molecule has 1 amide bonds. The number of ether oxygens (including phenoxy) is 1. The number of nitrogens with one attached hydrogen (secondary N) is 1. The monoisotopic (exact) mass is 314 g/mol. The maximum Gasteiger partial charge on any atom is 0.250 e. The van der Waals surface area contributed by atoms with E-state index in [0.717, 1.165) is 29.8 Å². The Balaban J connectivity index is 1.67. The summed E-state index contributed by atoms with van der Waals surface area (Å²) in [7, 11) is 1.62. The van der Waals surface area contributed by atoms with Gasteiger partial charge in [0.2, 0.25) is 5.91 Å². The third kappa shape index (κ3) is 3.36. The number of para-hydroxylation sites is 1. The van der Waals surface area contributed by atoms with Gasteiger partial charge in [-0.1, -0.05) is 18.2 Å². The largest absolute Gasteiger partial charge is 0.496 e. The Bertz CT molecular complexity index is 683. The van der Waals surface area contributed by atoms with Crippen molar-refractivity contribution in [3.8, 4) is 5.75 Å². The summed E-state index contributed by atoms with van der Waals surface area (Å²) in [6.45, 7) is 0. The molecule has 5 heteroatoms. The van der Waals surface area contributed by atoms with Gasteiger partial charge in [-0.3, -0.25) is 10.1 Å². The summed E-state index contributed by atoms with van der Waals surface area (Å²) in [5, 5.41) is 3.54. The second kappa shape index (κ2) is 6.75. The van der Waals surface area contributed by atoms with E-state index in [2.05, 4.69) is 10.3 Å². The van der Waals surface area contributed by atoms with E-state index in [4.69, 9.17) is 4.74 Å². The predicted molar refractivity (Wildman–Crippen MR) is 89.4 cm³/mol. The van der Waals surface area contributed by atoms with Crippen molar-refractivity contribution >= 4 is 28.5 Å². The molecule has 3 rings (SSSR count). The fraction of sp³-hybridized carbons (Fsp3) is 0.294. The average molecular weight is 314 g/mol. The third-order valence-corrected chi connectivity index (χ3v) is 4.70. The SMILES string of the molecule is COc1ccccc1/C=C/C(=O)Nc1nc2c(s1)CCCC2. The summed E-state index contributed by atoms with van der Waals surface area (Å²) in [5.41, 5.74) is 2.03. The standard InChI is InChI=1S/C17H18N2O2S/c1-21-14-8-4-2-6-12(14)10-11-16(20)19-17-18-13-7-3-5-9-15(13)22-17/h2,4,6,8,10-11H,3,5,7,9H2,1H3,(H,18,19,20)/b11-10+. The van der Waals surface area contributed by atoms with Gasteiger partial charge in [-0.15, -0.1) is 11.3 Å². The molecular weight excluding hydrogens is 296 g/mol. The number of rotatable bonds is 4. The number of amides is 1. The number of nitrogens with zero attached hydrogens (tertiary/aromatic N) is 1. The van der Waals surface area contributed by atoms with Gasteiger partial charge >= 0.3 is 0 Å². The van der Waals surface area contributed by atoms with Crippen LogP contribution in [-0.2, 0) is 17.6 Å². The van der Waals surface area contributed by atoms with Crippen LogP contribution in [0.15, 0.2) is 30.3 Å². The molecule has 0 radical (unpaired) electrons. The molecule has 0 spiro atoms. The molecule has 1 aliphatic carbocycles. The number of aryl methyl sites for hydroxylation is 2. The fourth-order valence-corrected chi connectivity index (χ4v) is 3.57. The zero-order valence-electron chi connectivity index (χ0n) is 12.5. The number of hydrogen-bond acceptors (Lipinski definition) is 4. The first-order chi connectivity index (χ1) is 10.8. The highest BCUT2D eigenvalue weighted by molar-refractivity contribution is 7.15. The maximum atomic E-state index is 12.0. The fourth-order valence-electron chi connectivity index (χ4n) is 2.52. The molecule has 0 atom stereocenters. The van der Waals surface area contributed by atoms with Gasteiger partial charge < -0.3 is 4.74 Å². The van der Waals surface area contributed by atoms with Crippen molar-refractivity contribution in [3.05, 3.63) is 46.5 Å². The zero-order chi connectivity index (χ0) is 15.4. The van der Waals surface area contributed by atoms with Crippen LogP contribution in [0.4, 0.5) is 5.13 Å². The lowest BCUT2D eigenvalue weighted by atomic mass is 10.0. The summed E-state index contributed by atoms with van der Waals surface area (Å²) in [4.78, 5) is 17.8. The van der Waals surface area contributed by atoms with Crippen LogP contribution in [0.2, 0.25) is 0 Å². The molecule has 0 unspecified atom stereocenters. The highest BCUT2D eigenvalue weighted by atomic mass is 32.1. The molecule has 4 nitrogen and oxygen atoms in total. The minimum absolute atomic E-state index is 0.169. The molecule has 1 N–H and O–H groups in total. The normalized spacial score (nSPS) is 13.9. The first kappa shape index (κ1) is 14.8. The number of aromatic nitrogens is 1. The average Bonchev–Trinajstić information content (AvgIpc) is 2.95. The van der Waals surface area contributed by atoms with Gasteiger partial charge in [-0.2, -0.15) is 0 Å². The summed E-state index contributed by atoms with van der Waals surface area (Å²) in [6.07, 6.45) is 7.78. The van der Waals surface area contributed by atoms with Crippen LogP contribution in [0.5, 0.6) is 5.75 Å². The minimum atomic E-state index is -0.169. The second-order valence-corrected chi connectivity index (χ2v) is 6.24. The number of methoxy groups -OCH3 is 1.